The molecule has 0 aliphatic rings. The topological polar surface area (TPSA) is 90.9 Å². The van der Waals surface area contributed by atoms with E-state index in [0.717, 1.165) is 5.56 Å². The summed E-state index contributed by atoms with van der Waals surface area (Å²) in [6, 6.07) is 23.2. The van der Waals surface area contributed by atoms with Crippen LogP contribution >= 0.6 is 0 Å². The minimum absolute atomic E-state index is 0.112. The lowest BCUT2D eigenvalue weighted by Crippen LogP contribution is -2.31. The first-order valence-electron chi connectivity index (χ1n) is 10.4. The van der Waals surface area contributed by atoms with Crippen molar-refractivity contribution in [2.45, 2.75) is 26.6 Å². The largest absolute Gasteiger partial charge is 0.489 e. The van der Waals surface area contributed by atoms with E-state index in [1.54, 1.807) is 48.5 Å². The first-order valence-corrected chi connectivity index (χ1v) is 10.4. The van der Waals surface area contributed by atoms with Crippen molar-refractivity contribution in [1.29, 1.82) is 0 Å². The van der Waals surface area contributed by atoms with Crippen molar-refractivity contribution in [3.8, 4) is 11.5 Å². The average molecular weight is 447 g/mol. The molecule has 0 spiro atoms. The van der Waals surface area contributed by atoms with Gasteiger partial charge in [0.25, 0.3) is 5.91 Å². The van der Waals surface area contributed by atoms with E-state index >= 15 is 0 Å². The molecule has 0 radical (unpaired) electrons. The van der Waals surface area contributed by atoms with Crippen LogP contribution in [0, 0.1) is 0 Å². The van der Waals surface area contributed by atoms with Gasteiger partial charge in [-0.15, -0.1) is 0 Å². The number of nitrogens with one attached hydrogen (secondary N) is 1. The van der Waals surface area contributed by atoms with E-state index in [1.165, 1.54) is 13.8 Å². The Balaban J connectivity index is 1.42. The molecular formula is C26H25NO6. The van der Waals surface area contributed by atoms with Crippen LogP contribution in [0.4, 0.5) is 5.69 Å². The van der Waals surface area contributed by atoms with Gasteiger partial charge in [-0.1, -0.05) is 42.5 Å². The van der Waals surface area contributed by atoms with Crippen molar-refractivity contribution in [2.24, 2.45) is 0 Å². The first-order chi connectivity index (χ1) is 15.9. The molecule has 0 saturated heterocycles. The van der Waals surface area contributed by atoms with Gasteiger partial charge in [-0.25, -0.2) is 4.79 Å². The summed E-state index contributed by atoms with van der Waals surface area (Å²) in [6.45, 7) is 3.01. The molecule has 3 rings (SSSR count). The van der Waals surface area contributed by atoms with Crippen LogP contribution in [0.3, 0.4) is 0 Å². The number of carbonyl (C=O) groups is 3. The highest BCUT2D eigenvalue weighted by Crippen LogP contribution is 2.19. The van der Waals surface area contributed by atoms with Crippen molar-refractivity contribution in [1.82, 2.24) is 0 Å². The van der Waals surface area contributed by atoms with E-state index in [1.807, 2.05) is 30.3 Å². The summed E-state index contributed by atoms with van der Waals surface area (Å²) in [6.07, 6.45) is -1.03. The Morgan fingerprint density at radius 2 is 1.52 bits per heavy atom. The second-order valence-corrected chi connectivity index (χ2v) is 7.29. The Hall–Kier alpha value is -4.13. The highest BCUT2D eigenvalue weighted by atomic mass is 16.6. The van der Waals surface area contributed by atoms with Gasteiger partial charge in [0.15, 0.2) is 18.5 Å². The number of Topliss-reactive ketones (excluding diaryl/α,β-unsaturated/α-hetero) is 1. The Bertz CT molecular complexity index is 1100. The van der Waals surface area contributed by atoms with Crippen LogP contribution in [0.25, 0.3) is 0 Å². The minimum atomic E-state index is -1.03. The van der Waals surface area contributed by atoms with Gasteiger partial charge in [-0.05, 0) is 55.8 Å². The van der Waals surface area contributed by atoms with Gasteiger partial charge in [0.2, 0.25) is 0 Å². The molecule has 1 atom stereocenters. The van der Waals surface area contributed by atoms with Crippen molar-refractivity contribution >= 4 is 23.3 Å². The number of hydrogen-bond acceptors (Lipinski definition) is 6. The highest BCUT2D eigenvalue weighted by Gasteiger charge is 2.18. The number of benzene rings is 3. The molecule has 0 heterocycles. The van der Waals surface area contributed by atoms with Gasteiger partial charge in [0, 0.05) is 11.3 Å². The van der Waals surface area contributed by atoms with Crippen LogP contribution in [0.15, 0.2) is 78.9 Å². The lowest BCUT2D eigenvalue weighted by atomic mass is 10.1. The monoisotopic (exact) mass is 447 g/mol. The summed E-state index contributed by atoms with van der Waals surface area (Å²) in [5, 5.41) is 2.62. The molecular weight excluding hydrogens is 422 g/mol. The molecule has 1 amide bonds. The fraction of sp³-hybridized carbons (Fsp3) is 0.192. The van der Waals surface area contributed by atoms with Crippen LogP contribution < -0.4 is 14.8 Å². The number of hydrogen-bond donors (Lipinski definition) is 1. The predicted molar refractivity (Wildman–Crippen MR) is 123 cm³/mol. The van der Waals surface area contributed by atoms with E-state index in [2.05, 4.69) is 5.32 Å². The third-order valence-corrected chi connectivity index (χ3v) is 4.64. The summed E-state index contributed by atoms with van der Waals surface area (Å²) < 4.78 is 16.3. The van der Waals surface area contributed by atoms with Gasteiger partial charge >= 0.3 is 5.97 Å². The Labute approximate surface area is 192 Å². The second-order valence-electron chi connectivity index (χ2n) is 7.29. The maximum atomic E-state index is 12.3. The zero-order chi connectivity index (χ0) is 23.6. The summed E-state index contributed by atoms with van der Waals surface area (Å²) >= 11 is 0. The average Bonchev–Trinajstić information content (AvgIpc) is 2.83. The molecule has 0 saturated carbocycles. The standard InChI is InChI=1S/C26H25NO6/c1-18(28)21-9-6-10-22(15-21)27-26(30)19(2)33-25(29)17-32-24-13-11-23(12-14-24)31-16-20-7-4-3-5-8-20/h3-15,19H,16-17H2,1-2H3,(H,27,30). The molecule has 7 nitrogen and oxygen atoms in total. The molecule has 33 heavy (non-hydrogen) atoms. The fourth-order valence-electron chi connectivity index (χ4n) is 2.86. The van der Waals surface area contributed by atoms with E-state index < -0.39 is 18.0 Å². The van der Waals surface area contributed by atoms with Gasteiger partial charge in [-0.2, -0.15) is 0 Å². The van der Waals surface area contributed by atoms with Crippen molar-refractivity contribution < 1.29 is 28.6 Å². The Morgan fingerprint density at radius 3 is 2.18 bits per heavy atom. The van der Waals surface area contributed by atoms with Crippen molar-refractivity contribution in [3.05, 3.63) is 90.0 Å². The maximum absolute atomic E-state index is 12.3. The zero-order valence-electron chi connectivity index (χ0n) is 18.4. The number of carbonyl (C=O) groups excluding carboxylic acids is 3. The van der Waals surface area contributed by atoms with Crippen LogP contribution in [0.2, 0.25) is 0 Å². The number of ether oxygens (including phenoxy) is 3. The second kappa shape index (κ2) is 11.5. The quantitative estimate of drug-likeness (QED) is 0.366. The molecule has 1 N–H and O–H groups in total. The normalized spacial score (nSPS) is 11.2. The van der Waals surface area contributed by atoms with Crippen molar-refractivity contribution in [3.63, 3.8) is 0 Å². The number of anilines is 1. The Morgan fingerprint density at radius 1 is 0.848 bits per heavy atom. The molecule has 0 fully saturated rings. The molecule has 3 aromatic carbocycles. The van der Waals surface area contributed by atoms with E-state index in [0.29, 0.717) is 29.4 Å². The Kier molecular flexibility index (Phi) is 8.18. The van der Waals surface area contributed by atoms with Gasteiger partial charge in [0.05, 0.1) is 0 Å². The van der Waals surface area contributed by atoms with Crippen LogP contribution in [0.1, 0.15) is 29.8 Å². The molecule has 0 aliphatic carbocycles. The lowest BCUT2D eigenvalue weighted by molar-refractivity contribution is -0.155. The SMILES string of the molecule is CC(=O)c1cccc(NC(=O)C(C)OC(=O)COc2ccc(OCc3ccccc3)cc2)c1. The molecule has 0 aromatic heterocycles. The van der Waals surface area contributed by atoms with Crippen LogP contribution in [-0.4, -0.2) is 30.4 Å². The van der Waals surface area contributed by atoms with E-state index in [-0.39, 0.29) is 12.4 Å². The molecule has 7 heteroatoms. The maximum Gasteiger partial charge on any atom is 0.344 e. The number of esters is 1. The van der Waals surface area contributed by atoms with Crippen LogP contribution in [-0.2, 0) is 20.9 Å². The fourth-order valence-corrected chi connectivity index (χ4v) is 2.86. The molecule has 0 bridgehead atoms. The number of ketones is 1. The van der Waals surface area contributed by atoms with Gasteiger partial charge < -0.3 is 19.5 Å². The molecule has 0 aliphatic heterocycles. The lowest BCUT2D eigenvalue weighted by Gasteiger charge is -2.14. The summed E-state index contributed by atoms with van der Waals surface area (Å²) in [5.74, 6) is -0.160. The number of rotatable bonds is 10. The highest BCUT2D eigenvalue weighted by molar-refractivity contribution is 5.98. The number of amides is 1. The third kappa shape index (κ3) is 7.50. The first kappa shape index (κ1) is 23.5. The minimum Gasteiger partial charge on any atom is -0.489 e. The summed E-state index contributed by atoms with van der Waals surface area (Å²) in [5.41, 5.74) is 1.98. The predicted octanol–water partition coefficient (Wildman–Crippen LogP) is 4.42. The van der Waals surface area contributed by atoms with Crippen LogP contribution in [0.5, 0.6) is 11.5 Å². The van der Waals surface area contributed by atoms with Gasteiger partial charge in [0.1, 0.15) is 18.1 Å². The summed E-state index contributed by atoms with van der Waals surface area (Å²) in [7, 11) is 0. The molecule has 1 unspecified atom stereocenters. The zero-order valence-corrected chi connectivity index (χ0v) is 18.4. The third-order valence-electron chi connectivity index (χ3n) is 4.64. The van der Waals surface area contributed by atoms with E-state index in [4.69, 9.17) is 14.2 Å². The molecule has 3 aromatic rings. The van der Waals surface area contributed by atoms with Crippen molar-refractivity contribution in [2.75, 3.05) is 11.9 Å². The smallest absolute Gasteiger partial charge is 0.344 e. The molecule has 170 valence electrons. The summed E-state index contributed by atoms with van der Waals surface area (Å²) in [4.78, 5) is 35.8. The van der Waals surface area contributed by atoms with E-state index in [9.17, 15) is 14.4 Å². The van der Waals surface area contributed by atoms with Gasteiger partial charge in [-0.3, -0.25) is 9.59 Å².